The van der Waals surface area contributed by atoms with Gasteiger partial charge >= 0.3 is 0 Å². The summed E-state index contributed by atoms with van der Waals surface area (Å²) < 4.78 is 5.49. The number of aliphatic hydroxyl groups is 1. The molecule has 0 aromatic heterocycles. The fourth-order valence-electron chi connectivity index (χ4n) is 4.60. The summed E-state index contributed by atoms with van der Waals surface area (Å²) in [6.07, 6.45) is 0.726. The van der Waals surface area contributed by atoms with Crippen molar-refractivity contribution in [3.8, 4) is 5.75 Å². The van der Waals surface area contributed by atoms with E-state index in [9.17, 15) is 14.7 Å². The van der Waals surface area contributed by atoms with E-state index >= 15 is 0 Å². The maximum atomic E-state index is 13.3. The van der Waals surface area contributed by atoms with Gasteiger partial charge in [-0.1, -0.05) is 63.6 Å². The molecule has 1 heterocycles. The fourth-order valence-corrected chi connectivity index (χ4v) is 4.84. The van der Waals surface area contributed by atoms with Crippen LogP contribution in [0.4, 0.5) is 0 Å². The van der Waals surface area contributed by atoms with Crippen LogP contribution in [0.2, 0.25) is 5.02 Å². The number of nitrogens with zero attached hydrogens (tertiary/aromatic N) is 2. The van der Waals surface area contributed by atoms with E-state index < -0.39 is 17.7 Å². The highest BCUT2D eigenvalue weighted by Gasteiger charge is 2.45. The number of carbonyl (C=O) groups excluding carboxylic acids is 2. The number of ketones is 1. The van der Waals surface area contributed by atoms with Crippen molar-refractivity contribution in [3.05, 3.63) is 69.8 Å². The van der Waals surface area contributed by atoms with Gasteiger partial charge in [0.2, 0.25) is 0 Å². The van der Waals surface area contributed by atoms with Gasteiger partial charge in [0, 0.05) is 12.1 Å². The van der Waals surface area contributed by atoms with Crippen molar-refractivity contribution < 1.29 is 19.4 Å². The van der Waals surface area contributed by atoms with Gasteiger partial charge in [-0.2, -0.15) is 0 Å². The van der Waals surface area contributed by atoms with Gasteiger partial charge < -0.3 is 19.6 Å². The average Bonchev–Trinajstić information content (AvgIpc) is 3.12. The number of hydrogen-bond acceptors (Lipinski definition) is 5. The van der Waals surface area contributed by atoms with Gasteiger partial charge in [0.25, 0.3) is 11.7 Å². The van der Waals surface area contributed by atoms with E-state index in [-0.39, 0.29) is 11.3 Å². The third-order valence-corrected chi connectivity index (χ3v) is 7.03. The third-order valence-electron chi connectivity index (χ3n) is 6.73. The molecule has 1 amide bonds. The standard InChI is InChI=1S/C29H37ClN2O4/c1-6-31(7-2)16-9-17-32-26(21-12-10-20(11-13-21)19(4)5)25(28(34)29(32)35)27(33)22-14-15-24(36-8-3)23(30)18-22/h10-15,18-19,26,33H,6-9,16-17H2,1-5H3/b27-25+/t26-/m1/s1. The molecule has 1 saturated heterocycles. The lowest BCUT2D eigenvalue weighted by Crippen LogP contribution is -2.33. The second-order valence-electron chi connectivity index (χ2n) is 9.27. The van der Waals surface area contributed by atoms with Crippen LogP contribution in [0.15, 0.2) is 48.0 Å². The number of rotatable bonds is 11. The van der Waals surface area contributed by atoms with Gasteiger partial charge in [-0.25, -0.2) is 0 Å². The molecule has 0 saturated carbocycles. The predicted octanol–water partition coefficient (Wildman–Crippen LogP) is 6.02. The molecule has 1 aliphatic rings. The van der Waals surface area contributed by atoms with Gasteiger partial charge in [-0.05, 0) is 68.2 Å². The summed E-state index contributed by atoms with van der Waals surface area (Å²) in [5.74, 6) is -0.661. The first kappa shape index (κ1) is 27.8. The normalized spacial score (nSPS) is 17.4. The summed E-state index contributed by atoms with van der Waals surface area (Å²) in [5, 5.41) is 11.6. The first-order chi connectivity index (χ1) is 17.2. The zero-order valence-corrected chi connectivity index (χ0v) is 22.6. The Morgan fingerprint density at radius 2 is 1.75 bits per heavy atom. The van der Waals surface area contributed by atoms with Crippen LogP contribution < -0.4 is 4.74 Å². The fraction of sp³-hybridized carbons (Fsp3) is 0.448. The van der Waals surface area contributed by atoms with Crippen LogP contribution in [-0.2, 0) is 9.59 Å². The molecule has 1 N–H and O–H groups in total. The largest absolute Gasteiger partial charge is 0.507 e. The molecule has 3 rings (SSSR count). The lowest BCUT2D eigenvalue weighted by molar-refractivity contribution is -0.140. The Labute approximate surface area is 219 Å². The minimum atomic E-state index is -0.682. The lowest BCUT2D eigenvalue weighted by atomic mass is 9.93. The maximum absolute atomic E-state index is 13.3. The second kappa shape index (κ2) is 12.4. The summed E-state index contributed by atoms with van der Waals surface area (Å²) in [7, 11) is 0. The SMILES string of the molecule is CCOc1ccc(/C(O)=C2\C(=O)C(=O)N(CCCN(CC)CC)[C@@H]2c2ccc(C(C)C)cc2)cc1Cl. The van der Waals surface area contributed by atoms with Crippen molar-refractivity contribution in [3.63, 3.8) is 0 Å². The molecule has 0 radical (unpaired) electrons. The summed E-state index contributed by atoms with van der Waals surface area (Å²) in [6.45, 7) is 13.8. The Morgan fingerprint density at radius 1 is 1.08 bits per heavy atom. The number of Topliss-reactive ketones (excluding diaryl/α,β-unsaturated/α-hetero) is 1. The van der Waals surface area contributed by atoms with E-state index in [4.69, 9.17) is 16.3 Å². The maximum Gasteiger partial charge on any atom is 0.295 e. The first-order valence-electron chi connectivity index (χ1n) is 12.8. The van der Waals surface area contributed by atoms with Gasteiger partial charge in [0.05, 0.1) is 23.2 Å². The highest BCUT2D eigenvalue weighted by Crippen LogP contribution is 2.40. The van der Waals surface area contributed by atoms with Gasteiger partial charge in [0.15, 0.2) is 0 Å². The molecule has 0 aliphatic carbocycles. The average molecular weight is 513 g/mol. The van der Waals surface area contributed by atoms with E-state index in [2.05, 4.69) is 32.6 Å². The van der Waals surface area contributed by atoms with Crippen molar-refractivity contribution in [1.82, 2.24) is 9.80 Å². The Hall–Kier alpha value is -2.83. The molecule has 6 nitrogen and oxygen atoms in total. The number of halogens is 1. The molecule has 0 bridgehead atoms. The highest BCUT2D eigenvalue weighted by molar-refractivity contribution is 6.46. The lowest BCUT2D eigenvalue weighted by Gasteiger charge is -2.27. The van der Waals surface area contributed by atoms with E-state index in [0.717, 1.165) is 37.2 Å². The molecular weight excluding hydrogens is 476 g/mol. The van der Waals surface area contributed by atoms with Crippen molar-refractivity contribution in [1.29, 1.82) is 0 Å². The third kappa shape index (κ3) is 5.93. The summed E-state index contributed by atoms with van der Waals surface area (Å²) in [6, 6.07) is 12.1. The minimum Gasteiger partial charge on any atom is -0.507 e. The molecule has 7 heteroatoms. The quantitative estimate of drug-likeness (QED) is 0.226. The van der Waals surface area contributed by atoms with Crippen LogP contribution in [0.25, 0.3) is 5.76 Å². The predicted molar refractivity (Wildman–Crippen MR) is 145 cm³/mol. The Bertz CT molecular complexity index is 1110. The molecule has 0 spiro atoms. The van der Waals surface area contributed by atoms with Crippen LogP contribution in [0.5, 0.6) is 5.75 Å². The number of benzene rings is 2. The van der Waals surface area contributed by atoms with Crippen molar-refractivity contribution in [2.75, 3.05) is 32.8 Å². The molecule has 1 atom stereocenters. The summed E-state index contributed by atoms with van der Waals surface area (Å²) in [4.78, 5) is 30.4. The zero-order chi connectivity index (χ0) is 26.4. The molecule has 2 aromatic rings. The Kier molecular flexibility index (Phi) is 9.57. The van der Waals surface area contributed by atoms with Crippen molar-refractivity contribution in [2.45, 2.75) is 53.0 Å². The van der Waals surface area contributed by atoms with E-state index in [1.165, 1.54) is 0 Å². The number of carbonyl (C=O) groups is 2. The molecule has 36 heavy (non-hydrogen) atoms. The number of hydrogen-bond donors (Lipinski definition) is 1. The van der Waals surface area contributed by atoms with Gasteiger partial charge in [-0.3, -0.25) is 9.59 Å². The number of aliphatic hydroxyl groups excluding tert-OH is 1. The molecule has 0 unspecified atom stereocenters. The smallest absolute Gasteiger partial charge is 0.295 e. The molecule has 1 aliphatic heterocycles. The number of ether oxygens (including phenoxy) is 1. The summed E-state index contributed by atoms with van der Waals surface area (Å²) in [5.41, 5.74) is 2.41. The topological polar surface area (TPSA) is 70.1 Å². The number of amides is 1. The Morgan fingerprint density at radius 3 is 2.31 bits per heavy atom. The van der Waals surface area contributed by atoms with Crippen LogP contribution in [0.1, 0.15) is 69.7 Å². The van der Waals surface area contributed by atoms with Crippen LogP contribution in [-0.4, -0.2) is 59.4 Å². The highest BCUT2D eigenvalue weighted by atomic mass is 35.5. The second-order valence-corrected chi connectivity index (χ2v) is 9.68. The molecule has 1 fully saturated rings. The Balaban J connectivity index is 2.05. The summed E-state index contributed by atoms with van der Waals surface area (Å²) >= 11 is 6.35. The monoisotopic (exact) mass is 512 g/mol. The number of likely N-dealkylation sites (tertiary alicyclic amines) is 1. The molecular formula is C29H37ClN2O4. The molecule has 194 valence electrons. The van der Waals surface area contributed by atoms with E-state index in [0.29, 0.717) is 35.4 Å². The van der Waals surface area contributed by atoms with E-state index in [1.54, 1.807) is 23.1 Å². The van der Waals surface area contributed by atoms with Crippen molar-refractivity contribution >= 4 is 29.1 Å². The molecule has 2 aromatic carbocycles. The van der Waals surface area contributed by atoms with Crippen molar-refractivity contribution in [2.24, 2.45) is 0 Å². The van der Waals surface area contributed by atoms with Crippen LogP contribution >= 0.6 is 11.6 Å². The van der Waals surface area contributed by atoms with Crippen LogP contribution in [0, 0.1) is 0 Å². The van der Waals surface area contributed by atoms with Crippen LogP contribution in [0.3, 0.4) is 0 Å². The zero-order valence-electron chi connectivity index (χ0n) is 21.9. The first-order valence-corrected chi connectivity index (χ1v) is 13.1. The van der Waals surface area contributed by atoms with Gasteiger partial charge in [-0.15, -0.1) is 0 Å². The van der Waals surface area contributed by atoms with E-state index in [1.807, 2.05) is 31.2 Å². The minimum absolute atomic E-state index is 0.0837. The van der Waals surface area contributed by atoms with Gasteiger partial charge in [0.1, 0.15) is 11.5 Å².